The first-order valence-electron chi connectivity index (χ1n) is 4.55. The molecule has 1 N–H and O–H groups in total. The van der Waals surface area contributed by atoms with Crippen molar-refractivity contribution in [2.24, 2.45) is 0 Å². The molecule has 1 aromatic rings. The topological polar surface area (TPSA) is 46.9 Å². The van der Waals surface area contributed by atoms with Gasteiger partial charge >= 0.3 is 0 Å². The molecule has 0 aromatic carbocycles. The van der Waals surface area contributed by atoms with E-state index in [2.05, 4.69) is 10.3 Å². The number of amides is 1. The highest BCUT2D eigenvalue weighted by atomic mass is 16.1. The smallest absolute Gasteiger partial charge is 0.220 e. The predicted molar refractivity (Wildman–Crippen MR) is 50.1 cm³/mol. The van der Waals surface area contributed by atoms with Gasteiger partial charge in [0.25, 0.3) is 0 Å². The van der Waals surface area contributed by atoms with Crippen LogP contribution in [-0.2, 0) is 11.3 Å². The van der Waals surface area contributed by atoms with Crippen molar-refractivity contribution >= 4 is 5.91 Å². The zero-order valence-electron chi connectivity index (χ0n) is 7.86. The molecule has 0 saturated heterocycles. The van der Waals surface area contributed by atoms with Crippen molar-refractivity contribution in [3.8, 4) is 0 Å². The van der Waals surface area contributed by atoms with Gasteiger partial charge in [0.05, 0.1) is 6.33 Å². The Morgan fingerprint density at radius 2 is 2.46 bits per heavy atom. The van der Waals surface area contributed by atoms with E-state index in [1.807, 2.05) is 17.7 Å². The zero-order chi connectivity index (χ0) is 9.52. The Balaban J connectivity index is 2.11. The molecule has 1 heterocycles. The van der Waals surface area contributed by atoms with E-state index in [9.17, 15) is 4.79 Å². The second kappa shape index (κ2) is 5.35. The SMILES string of the molecule is CCCC(=O)NCCn1ccnc1. The van der Waals surface area contributed by atoms with Gasteiger partial charge in [-0.15, -0.1) is 0 Å². The molecule has 72 valence electrons. The second-order valence-corrected chi connectivity index (χ2v) is 2.90. The van der Waals surface area contributed by atoms with E-state index in [0.29, 0.717) is 13.0 Å². The van der Waals surface area contributed by atoms with Crippen LogP contribution >= 0.6 is 0 Å². The van der Waals surface area contributed by atoms with Crippen LogP contribution in [0.25, 0.3) is 0 Å². The Hall–Kier alpha value is -1.32. The van der Waals surface area contributed by atoms with Crippen LogP contribution in [0, 0.1) is 0 Å². The summed E-state index contributed by atoms with van der Waals surface area (Å²) in [5.41, 5.74) is 0. The van der Waals surface area contributed by atoms with Gasteiger partial charge in [-0.25, -0.2) is 4.98 Å². The molecule has 0 aliphatic heterocycles. The van der Waals surface area contributed by atoms with Crippen molar-refractivity contribution in [1.29, 1.82) is 0 Å². The number of nitrogens with one attached hydrogen (secondary N) is 1. The monoisotopic (exact) mass is 181 g/mol. The summed E-state index contributed by atoms with van der Waals surface area (Å²) < 4.78 is 1.94. The van der Waals surface area contributed by atoms with Gasteiger partial charge in [-0.2, -0.15) is 0 Å². The minimum absolute atomic E-state index is 0.127. The van der Waals surface area contributed by atoms with Crippen LogP contribution in [0.5, 0.6) is 0 Å². The summed E-state index contributed by atoms with van der Waals surface area (Å²) in [6.07, 6.45) is 6.87. The summed E-state index contributed by atoms with van der Waals surface area (Å²) in [7, 11) is 0. The Kier molecular flexibility index (Phi) is 4.02. The third kappa shape index (κ3) is 3.73. The van der Waals surface area contributed by atoms with E-state index >= 15 is 0 Å². The van der Waals surface area contributed by atoms with Crippen molar-refractivity contribution in [2.75, 3.05) is 6.54 Å². The molecule has 4 nitrogen and oxygen atoms in total. The Labute approximate surface area is 78.0 Å². The van der Waals surface area contributed by atoms with Crippen molar-refractivity contribution in [1.82, 2.24) is 14.9 Å². The van der Waals surface area contributed by atoms with Gasteiger partial charge < -0.3 is 9.88 Å². The van der Waals surface area contributed by atoms with Gasteiger partial charge in [-0.05, 0) is 6.42 Å². The Morgan fingerprint density at radius 3 is 3.08 bits per heavy atom. The number of carbonyl (C=O) groups is 1. The molecule has 0 atom stereocenters. The van der Waals surface area contributed by atoms with Gasteiger partial charge in [0.1, 0.15) is 0 Å². The van der Waals surface area contributed by atoms with Crippen LogP contribution in [0.2, 0.25) is 0 Å². The van der Waals surface area contributed by atoms with Crippen LogP contribution in [0.15, 0.2) is 18.7 Å². The predicted octanol–water partition coefficient (Wildman–Crippen LogP) is 0.799. The lowest BCUT2D eigenvalue weighted by Crippen LogP contribution is -2.26. The van der Waals surface area contributed by atoms with Crippen molar-refractivity contribution in [3.63, 3.8) is 0 Å². The summed E-state index contributed by atoms with van der Waals surface area (Å²) in [6.45, 7) is 3.46. The lowest BCUT2D eigenvalue weighted by molar-refractivity contribution is -0.121. The fourth-order valence-electron chi connectivity index (χ4n) is 1.06. The van der Waals surface area contributed by atoms with Crippen LogP contribution in [0.1, 0.15) is 19.8 Å². The van der Waals surface area contributed by atoms with Gasteiger partial charge in [0.15, 0.2) is 0 Å². The van der Waals surface area contributed by atoms with Crippen LogP contribution in [0.4, 0.5) is 0 Å². The molecule has 1 amide bonds. The molecule has 0 saturated carbocycles. The average Bonchev–Trinajstić information content (AvgIpc) is 2.57. The van der Waals surface area contributed by atoms with Crippen LogP contribution < -0.4 is 5.32 Å². The van der Waals surface area contributed by atoms with Crippen molar-refractivity contribution < 1.29 is 4.79 Å². The quantitative estimate of drug-likeness (QED) is 0.730. The highest BCUT2D eigenvalue weighted by Crippen LogP contribution is 1.87. The summed E-state index contributed by atoms with van der Waals surface area (Å²) in [6, 6.07) is 0. The number of imidazole rings is 1. The van der Waals surface area contributed by atoms with Crippen molar-refractivity contribution in [3.05, 3.63) is 18.7 Å². The summed E-state index contributed by atoms with van der Waals surface area (Å²) in [4.78, 5) is 14.9. The maximum absolute atomic E-state index is 11.0. The van der Waals surface area contributed by atoms with Gasteiger partial charge in [-0.1, -0.05) is 6.92 Å². The zero-order valence-corrected chi connectivity index (χ0v) is 7.86. The van der Waals surface area contributed by atoms with Crippen molar-refractivity contribution in [2.45, 2.75) is 26.3 Å². The molecule has 4 heteroatoms. The molecule has 1 aromatic heterocycles. The fraction of sp³-hybridized carbons (Fsp3) is 0.556. The van der Waals surface area contributed by atoms with E-state index in [-0.39, 0.29) is 5.91 Å². The van der Waals surface area contributed by atoms with Gasteiger partial charge in [0, 0.05) is 31.9 Å². The van der Waals surface area contributed by atoms with E-state index in [1.165, 1.54) is 0 Å². The molecule has 0 fully saturated rings. The van der Waals surface area contributed by atoms with E-state index in [0.717, 1.165) is 13.0 Å². The minimum Gasteiger partial charge on any atom is -0.354 e. The molecule has 1 rings (SSSR count). The number of aromatic nitrogens is 2. The molecule has 0 aliphatic rings. The first kappa shape index (κ1) is 9.77. The molecule has 0 bridgehead atoms. The number of hydrogen-bond acceptors (Lipinski definition) is 2. The maximum Gasteiger partial charge on any atom is 0.220 e. The Morgan fingerprint density at radius 1 is 1.62 bits per heavy atom. The molecule has 0 unspecified atom stereocenters. The van der Waals surface area contributed by atoms with E-state index in [1.54, 1.807) is 12.5 Å². The summed E-state index contributed by atoms with van der Waals surface area (Å²) >= 11 is 0. The lowest BCUT2D eigenvalue weighted by atomic mass is 10.3. The van der Waals surface area contributed by atoms with Gasteiger partial charge in [0.2, 0.25) is 5.91 Å². The Bertz CT molecular complexity index is 243. The number of rotatable bonds is 5. The first-order chi connectivity index (χ1) is 6.33. The normalized spacial score (nSPS) is 9.92. The highest BCUT2D eigenvalue weighted by molar-refractivity contribution is 5.75. The number of hydrogen-bond donors (Lipinski definition) is 1. The molecule has 0 spiro atoms. The van der Waals surface area contributed by atoms with E-state index in [4.69, 9.17) is 0 Å². The number of nitrogens with zero attached hydrogens (tertiary/aromatic N) is 2. The third-order valence-corrected chi connectivity index (χ3v) is 1.73. The first-order valence-corrected chi connectivity index (χ1v) is 4.55. The molecule has 13 heavy (non-hydrogen) atoms. The molecular weight excluding hydrogens is 166 g/mol. The molecular formula is C9H15N3O. The molecule has 0 aliphatic carbocycles. The van der Waals surface area contributed by atoms with E-state index < -0.39 is 0 Å². The number of carbonyl (C=O) groups excluding carboxylic acids is 1. The summed E-state index contributed by atoms with van der Waals surface area (Å²) in [5, 5.41) is 2.83. The second-order valence-electron chi connectivity index (χ2n) is 2.90. The maximum atomic E-state index is 11.0. The summed E-state index contributed by atoms with van der Waals surface area (Å²) in [5.74, 6) is 0.127. The lowest BCUT2D eigenvalue weighted by Gasteiger charge is -2.04. The third-order valence-electron chi connectivity index (χ3n) is 1.73. The van der Waals surface area contributed by atoms with Crippen LogP contribution in [-0.4, -0.2) is 22.0 Å². The molecule has 0 radical (unpaired) electrons. The van der Waals surface area contributed by atoms with Gasteiger partial charge in [-0.3, -0.25) is 4.79 Å². The highest BCUT2D eigenvalue weighted by Gasteiger charge is 1.97. The van der Waals surface area contributed by atoms with Crippen LogP contribution in [0.3, 0.4) is 0 Å². The largest absolute Gasteiger partial charge is 0.354 e. The fourth-order valence-corrected chi connectivity index (χ4v) is 1.06. The standard InChI is InChI=1S/C9H15N3O/c1-2-3-9(13)11-5-7-12-6-4-10-8-12/h4,6,8H,2-3,5,7H2,1H3,(H,11,13). The minimum atomic E-state index is 0.127. The average molecular weight is 181 g/mol.